The Balaban J connectivity index is 2.47. The van der Waals surface area contributed by atoms with E-state index in [9.17, 15) is 4.79 Å². The SMILES string of the molecule is CCC(=O)CN(CC(C)C)C1CCCC1. The summed E-state index contributed by atoms with van der Waals surface area (Å²) in [7, 11) is 0. The minimum absolute atomic E-state index is 0.391. The summed E-state index contributed by atoms with van der Waals surface area (Å²) in [6.07, 6.45) is 5.97. The highest BCUT2D eigenvalue weighted by Gasteiger charge is 2.24. The number of Topliss-reactive ketones (excluding diaryl/α,β-unsaturated/α-hetero) is 1. The second-order valence-electron chi connectivity index (χ2n) is 5.15. The Morgan fingerprint density at radius 3 is 2.40 bits per heavy atom. The summed E-state index contributed by atoms with van der Waals surface area (Å²) in [6.45, 7) is 8.19. The van der Waals surface area contributed by atoms with Gasteiger partial charge in [-0.15, -0.1) is 0 Å². The molecule has 15 heavy (non-hydrogen) atoms. The molecule has 0 N–H and O–H groups in total. The van der Waals surface area contributed by atoms with Gasteiger partial charge >= 0.3 is 0 Å². The van der Waals surface area contributed by atoms with Gasteiger partial charge in [-0.05, 0) is 18.8 Å². The van der Waals surface area contributed by atoms with Crippen LogP contribution in [0.1, 0.15) is 52.9 Å². The number of hydrogen-bond donors (Lipinski definition) is 0. The standard InChI is InChI=1S/C13H25NO/c1-4-13(15)10-14(9-11(2)3)12-7-5-6-8-12/h11-12H,4-10H2,1-3H3. The molecule has 0 saturated heterocycles. The van der Waals surface area contributed by atoms with E-state index in [0.29, 0.717) is 30.7 Å². The van der Waals surface area contributed by atoms with Crippen molar-refractivity contribution in [2.45, 2.75) is 58.9 Å². The fourth-order valence-electron chi connectivity index (χ4n) is 2.42. The molecular formula is C13H25NO. The highest BCUT2D eigenvalue weighted by molar-refractivity contribution is 5.80. The number of carbonyl (C=O) groups is 1. The minimum Gasteiger partial charge on any atom is -0.298 e. The van der Waals surface area contributed by atoms with Crippen molar-refractivity contribution in [2.24, 2.45) is 5.92 Å². The van der Waals surface area contributed by atoms with Gasteiger partial charge in [-0.2, -0.15) is 0 Å². The third kappa shape index (κ3) is 4.33. The van der Waals surface area contributed by atoms with Gasteiger partial charge in [-0.3, -0.25) is 9.69 Å². The zero-order chi connectivity index (χ0) is 11.3. The maximum Gasteiger partial charge on any atom is 0.146 e. The lowest BCUT2D eigenvalue weighted by atomic mass is 10.1. The van der Waals surface area contributed by atoms with Crippen LogP contribution in [0.3, 0.4) is 0 Å². The topological polar surface area (TPSA) is 20.3 Å². The van der Waals surface area contributed by atoms with Crippen LogP contribution in [0.2, 0.25) is 0 Å². The molecule has 1 rings (SSSR count). The van der Waals surface area contributed by atoms with Gasteiger partial charge < -0.3 is 0 Å². The molecule has 0 heterocycles. The lowest BCUT2D eigenvalue weighted by Crippen LogP contribution is -2.39. The average Bonchev–Trinajstić information content (AvgIpc) is 2.68. The number of carbonyl (C=O) groups excluding carboxylic acids is 1. The van der Waals surface area contributed by atoms with Gasteiger partial charge in [0.25, 0.3) is 0 Å². The van der Waals surface area contributed by atoms with Crippen LogP contribution in [0.4, 0.5) is 0 Å². The largest absolute Gasteiger partial charge is 0.298 e. The van der Waals surface area contributed by atoms with Gasteiger partial charge in [-0.25, -0.2) is 0 Å². The summed E-state index contributed by atoms with van der Waals surface area (Å²) in [5.74, 6) is 1.05. The van der Waals surface area contributed by atoms with Crippen LogP contribution in [-0.4, -0.2) is 29.8 Å². The van der Waals surface area contributed by atoms with Crippen molar-refractivity contribution in [3.63, 3.8) is 0 Å². The van der Waals surface area contributed by atoms with Crippen LogP contribution in [0.15, 0.2) is 0 Å². The van der Waals surface area contributed by atoms with E-state index < -0.39 is 0 Å². The van der Waals surface area contributed by atoms with Gasteiger partial charge in [0, 0.05) is 19.0 Å². The smallest absolute Gasteiger partial charge is 0.146 e. The Kier molecular flexibility index (Phi) is 5.30. The maximum absolute atomic E-state index is 11.5. The fraction of sp³-hybridized carbons (Fsp3) is 0.923. The third-order valence-electron chi connectivity index (χ3n) is 3.21. The zero-order valence-corrected chi connectivity index (χ0v) is 10.5. The van der Waals surface area contributed by atoms with Crippen molar-refractivity contribution in [2.75, 3.05) is 13.1 Å². The van der Waals surface area contributed by atoms with Gasteiger partial charge in [0.1, 0.15) is 5.78 Å². The molecule has 0 radical (unpaired) electrons. The van der Waals surface area contributed by atoms with Crippen LogP contribution in [-0.2, 0) is 4.79 Å². The van der Waals surface area contributed by atoms with E-state index in [1.165, 1.54) is 25.7 Å². The van der Waals surface area contributed by atoms with Crippen molar-refractivity contribution in [3.8, 4) is 0 Å². The zero-order valence-electron chi connectivity index (χ0n) is 10.5. The molecule has 0 aromatic carbocycles. The number of rotatable bonds is 6. The number of hydrogen-bond acceptors (Lipinski definition) is 2. The molecule has 1 aliphatic rings. The Morgan fingerprint density at radius 2 is 1.93 bits per heavy atom. The molecular weight excluding hydrogens is 186 g/mol. The first-order chi connectivity index (χ1) is 7.13. The molecule has 0 aromatic rings. The lowest BCUT2D eigenvalue weighted by Gasteiger charge is -2.29. The summed E-state index contributed by atoms with van der Waals surface area (Å²) >= 11 is 0. The molecule has 1 aliphatic carbocycles. The van der Waals surface area contributed by atoms with E-state index in [1.807, 2.05) is 6.92 Å². The summed E-state index contributed by atoms with van der Waals surface area (Å²) in [5.41, 5.74) is 0. The summed E-state index contributed by atoms with van der Waals surface area (Å²) < 4.78 is 0. The highest BCUT2D eigenvalue weighted by atomic mass is 16.1. The molecule has 0 bridgehead atoms. The minimum atomic E-state index is 0.391. The van der Waals surface area contributed by atoms with Crippen LogP contribution < -0.4 is 0 Å². The van der Waals surface area contributed by atoms with E-state index in [-0.39, 0.29) is 0 Å². The molecule has 2 heteroatoms. The molecule has 0 spiro atoms. The molecule has 0 aromatic heterocycles. The van der Waals surface area contributed by atoms with E-state index in [1.54, 1.807) is 0 Å². The first-order valence-electron chi connectivity index (χ1n) is 6.39. The van der Waals surface area contributed by atoms with Crippen molar-refractivity contribution in [1.29, 1.82) is 0 Å². The normalized spacial score (nSPS) is 17.9. The number of nitrogens with zero attached hydrogens (tertiary/aromatic N) is 1. The molecule has 1 fully saturated rings. The van der Waals surface area contributed by atoms with Crippen molar-refractivity contribution >= 4 is 5.78 Å². The summed E-state index contributed by atoms with van der Waals surface area (Å²) in [4.78, 5) is 13.9. The van der Waals surface area contributed by atoms with E-state index in [4.69, 9.17) is 0 Å². The predicted molar refractivity (Wildman–Crippen MR) is 64.0 cm³/mol. The van der Waals surface area contributed by atoms with Crippen LogP contribution in [0, 0.1) is 5.92 Å². The van der Waals surface area contributed by atoms with Crippen LogP contribution in [0.5, 0.6) is 0 Å². The molecule has 0 atom stereocenters. The van der Waals surface area contributed by atoms with Crippen molar-refractivity contribution in [1.82, 2.24) is 4.90 Å². The maximum atomic E-state index is 11.5. The van der Waals surface area contributed by atoms with Gasteiger partial charge in [0.2, 0.25) is 0 Å². The van der Waals surface area contributed by atoms with E-state index in [2.05, 4.69) is 18.7 Å². The van der Waals surface area contributed by atoms with Gasteiger partial charge in [0.05, 0.1) is 6.54 Å². The van der Waals surface area contributed by atoms with Crippen LogP contribution in [0.25, 0.3) is 0 Å². The average molecular weight is 211 g/mol. The molecule has 0 unspecified atom stereocenters. The first-order valence-corrected chi connectivity index (χ1v) is 6.39. The second kappa shape index (κ2) is 6.26. The molecule has 2 nitrogen and oxygen atoms in total. The Morgan fingerprint density at radius 1 is 1.33 bits per heavy atom. The van der Waals surface area contributed by atoms with E-state index >= 15 is 0 Å². The molecule has 88 valence electrons. The Labute approximate surface area is 94.0 Å². The predicted octanol–water partition coefficient (Wildman–Crippen LogP) is 2.87. The summed E-state index contributed by atoms with van der Waals surface area (Å²) in [6, 6.07) is 0.683. The second-order valence-corrected chi connectivity index (χ2v) is 5.15. The Hall–Kier alpha value is -0.370. The first kappa shape index (κ1) is 12.7. The quantitative estimate of drug-likeness (QED) is 0.673. The third-order valence-corrected chi connectivity index (χ3v) is 3.21. The van der Waals surface area contributed by atoms with Gasteiger partial charge in [0.15, 0.2) is 0 Å². The van der Waals surface area contributed by atoms with Crippen molar-refractivity contribution in [3.05, 3.63) is 0 Å². The van der Waals surface area contributed by atoms with E-state index in [0.717, 1.165) is 6.54 Å². The Bertz CT molecular complexity index is 195. The number of ketones is 1. The van der Waals surface area contributed by atoms with Gasteiger partial charge in [-0.1, -0.05) is 33.6 Å². The molecule has 1 saturated carbocycles. The fourth-order valence-corrected chi connectivity index (χ4v) is 2.42. The lowest BCUT2D eigenvalue weighted by molar-refractivity contribution is -0.120. The highest BCUT2D eigenvalue weighted by Crippen LogP contribution is 2.24. The van der Waals surface area contributed by atoms with Crippen LogP contribution >= 0.6 is 0 Å². The summed E-state index contributed by atoms with van der Waals surface area (Å²) in [5, 5.41) is 0. The molecule has 0 amide bonds. The molecule has 0 aliphatic heterocycles. The van der Waals surface area contributed by atoms with Crippen molar-refractivity contribution < 1.29 is 4.79 Å². The monoisotopic (exact) mass is 211 g/mol.